The van der Waals surface area contributed by atoms with E-state index in [0.717, 1.165) is 0 Å². The topological polar surface area (TPSA) is 54.4 Å². The number of aliphatic hydroxyl groups excluding tert-OH is 1. The lowest BCUT2D eigenvalue weighted by Gasteiger charge is -2.11. The van der Waals surface area contributed by atoms with Crippen LogP contribution in [0.4, 0.5) is 4.39 Å². The molecule has 0 bridgehead atoms. The molecule has 1 aromatic rings. The highest BCUT2D eigenvalue weighted by molar-refractivity contribution is 7.91. The Morgan fingerprint density at radius 1 is 1.40 bits per heavy atom. The van der Waals surface area contributed by atoms with Gasteiger partial charge in [-0.25, -0.2) is 12.8 Å². The molecule has 0 radical (unpaired) electrons. The molecule has 0 fully saturated rings. The quantitative estimate of drug-likeness (QED) is 0.851. The van der Waals surface area contributed by atoms with Crippen molar-refractivity contribution >= 4 is 9.84 Å². The molecule has 5 heteroatoms. The minimum atomic E-state index is -3.30. The molecule has 0 unspecified atom stereocenters. The fourth-order valence-electron chi connectivity index (χ4n) is 1.19. The van der Waals surface area contributed by atoms with Crippen molar-refractivity contribution < 1.29 is 17.9 Å². The maximum absolute atomic E-state index is 13.2. The van der Waals surface area contributed by atoms with E-state index in [4.69, 9.17) is 0 Å². The second-order valence-electron chi connectivity index (χ2n) is 3.24. The van der Waals surface area contributed by atoms with Gasteiger partial charge in [0.1, 0.15) is 5.82 Å². The monoisotopic (exact) mass is 232 g/mol. The van der Waals surface area contributed by atoms with Crippen molar-refractivity contribution in [1.82, 2.24) is 0 Å². The second-order valence-corrected chi connectivity index (χ2v) is 5.63. The zero-order valence-electron chi connectivity index (χ0n) is 8.35. The molecule has 1 N–H and O–H groups in total. The summed E-state index contributed by atoms with van der Waals surface area (Å²) >= 11 is 0. The third-order valence-corrected chi connectivity index (χ3v) is 3.82. The van der Waals surface area contributed by atoms with Gasteiger partial charge in [0, 0.05) is 11.3 Å². The summed E-state index contributed by atoms with van der Waals surface area (Å²) in [6, 6.07) is 5.61. The molecule has 3 nitrogen and oxygen atoms in total. The Labute approximate surface area is 88.5 Å². The van der Waals surface area contributed by atoms with Crippen LogP contribution in [-0.2, 0) is 9.84 Å². The van der Waals surface area contributed by atoms with Crippen LogP contribution in [0.15, 0.2) is 24.3 Å². The zero-order valence-corrected chi connectivity index (χ0v) is 9.17. The molecule has 0 amide bonds. The minimum Gasteiger partial charge on any atom is -0.387 e. The van der Waals surface area contributed by atoms with Gasteiger partial charge in [-0.1, -0.05) is 25.1 Å². The summed E-state index contributed by atoms with van der Waals surface area (Å²) in [6.45, 7) is 1.49. The number of hydrogen-bond acceptors (Lipinski definition) is 3. The van der Waals surface area contributed by atoms with Crippen LogP contribution < -0.4 is 0 Å². The fourth-order valence-corrected chi connectivity index (χ4v) is 2.09. The lowest BCUT2D eigenvalue weighted by atomic mass is 10.1. The summed E-state index contributed by atoms with van der Waals surface area (Å²) in [4.78, 5) is 0. The first-order chi connectivity index (χ1) is 6.96. The number of aliphatic hydroxyl groups is 1. The predicted molar refractivity (Wildman–Crippen MR) is 55.7 cm³/mol. The van der Waals surface area contributed by atoms with E-state index in [1.807, 2.05) is 0 Å². The molecule has 0 saturated carbocycles. The number of hydrogen-bond donors (Lipinski definition) is 1. The Balaban J connectivity index is 2.87. The second kappa shape index (κ2) is 4.72. The van der Waals surface area contributed by atoms with Crippen LogP contribution in [0, 0.1) is 5.82 Å². The van der Waals surface area contributed by atoms with Crippen molar-refractivity contribution in [3.63, 3.8) is 0 Å². The van der Waals surface area contributed by atoms with Gasteiger partial charge < -0.3 is 5.11 Å². The van der Waals surface area contributed by atoms with E-state index in [1.165, 1.54) is 25.1 Å². The molecule has 84 valence electrons. The van der Waals surface area contributed by atoms with Gasteiger partial charge in [-0.2, -0.15) is 0 Å². The maximum atomic E-state index is 13.2. The van der Waals surface area contributed by atoms with E-state index >= 15 is 0 Å². The van der Waals surface area contributed by atoms with Gasteiger partial charge >= 0.3 is 0 Å². The SMILES string of the molecule is CCS(=O)(=O)C[C@H](O)c1ccccc1F. The average molecular weight is 232 g/mol. The normalized spacial score (nSPS) is 13.8. The summed E-state index contributed by atoms with van der Waals surface area (Å²) in [5.74, 6) is -1.08. The van der Waals surface area contributed by atoms with Gasteiger partial charge in [-0.3, -0.25) is 0 Å². The Kier molecular flexibility index (Phi) is 3.82. The van der Waals surface area contributed by atoms with Crippen molar-refractivity contribution in [3.05, 3.63) is 35.6 Å². The highest BCUT2D eigenvalue weighted by atomic mass is 32.2. The van der Waals surface area contributed by atoms with Crippen molar-refractivity contribution in [3.8, 4) is 0 Å². The Morgan fingerprint density at radius 2 is 2.00 bits per heavy atom. The first-order valence-electron chi connectivity index (χ1n) is 4.59. The van der Waals surface area contributed by atoms with Gasteiger partial charge in [-0.15, -0.1) is 0 Å². The number of halogens is 1. The lowest BCUT2D eigenvalue weighted by Crippen LogP contribution is -2.16. The van der Waals surface area contributed by atoms with Crippen LogP contribution in [0.3, 0.4) is 0 Å². The van der Waals surface area contributed by atoms with Crippen molar-refractivity contribution in [2.75, 3.05) is 11.5 Å². The predicted octanol–water partition coefficient (Wildman–Crippen LogP) is 1.29. The Morgan fingerprint density at radius 3 is 2.53 bits per heavy atom. The lowest BCUT2D eigenvalue weighted by molar-refractivity contribution is 0.196. The van der Waals surface area contributed by atoms with Gasteiger partial charge in [-0.05, 0) is 6.07 Å². The minimum absolute atomic E-state index is 0.0227. The Bertz CT molecular complexity index is 428. The third-order valence-electron chi connectivity index (χ3n) is 2.12. The van der Waals surface area contributed by atoms with Gasteiger partial charge in [0.2, 0.25) is 0 Å². The molecule has 0 spiro atoms. The Hall–Kier alpha value is -0.940. The van der Waals surface area contributed by atoms with Crippen LogP contribution in [0.5, 0.6) is 0 Å². The summed E-state index contributed by atoms with van der Waals surface area (Å²) < 4.78 is 35.6. The van der Waals surface area contributed by atoms with E-state index in [1.54, 1.807) is 6.07 Å². The largest absolute Gasteiger partial charge is 0.387 e. The number of rotatable bonds is 4. The van der Waals surface area contributed by atoms with Gasteiger partial charge in [0.15, 0.2) is 9.84 Å². The smallest absolute Gasteiger partial charge is 0.152 e. The first-order valence-corrected chi connectivity index (χ1v) is 6.41. The first kappa shape index (κ1) is 12.1. The van der Waals surface area contributed by atoms with Crippen LogP contribution in [0.2, 0.25) is 0 Å². The molecule has 15 heavy (non-hydrogen) atoms. The van der Waals surface area contributed by atoms with E-state index in [2.05, 4.69) is 0 Å². The standard InChI is InChI=1S/C10H13FO3S/c1-2-15(13,14)7-10(12)8-5-3-4-6-9(8)11/h3-6,10,12H,2,7H2,1H3/t10-/m0/s1. The van der Waals surface area contributed by atoms with Crippen molar-refractivity contribution in [2.45, 2.75) is 13.0 Å². The molecule has 0 aliphatic rings. The highest BCUT2D eigenvalue weighted by Crippen LogP contribution is 2.18. The molecule has 1 atom stereocenters. The highest BCUT2D eigenvalue weighted by Gasteiger charge is 2.19. The van der Waals surface area contributed by atoms with Gasteiger partial charge in [0.25, 0.3) is 0 Å². The van der Waals surface area contributed by atoms with E-state index in [9.17, 15) is 17.9 Å². The van der Waals surface area contributed by atoms with E-state index in [-0.39, 0.29) is 11.3 Å². The summed E-state index contributed by atoms with van der Waals surface area (Å²) in [5, 5.41) is 9.55. The summed E-state index contributed by atoms with van der Waals surface area (Å²) in [6.07, 6.45) is -1.30. The molecule has 0 heterocycles. The summed E-state index contributed by atoms with van der Waals surface area (Å²) in [7, 11) is -3.30. The van der Waals surface area contributed by atoms with E-state index < -0.39 is 27.5 Å². The molecule has 0 aromatic heterocycles. The molecule has 0 aliphatic heterocycles. The van der Waals surface area contributed by atoms with Crippen molar-refractivity contribution in [2.24, 2.45) is 0 Å². The number of sulfone groups is 1. The third kappa shape index (κ3) is 3.28. The van der Waals surface area contributed by atoms with Gasteiger partial charge in [0.05, 0.1) is 11.9 Å². The number of benzene rings is 1. The van der Waals surface area contributed by atoms with Crippen LogP contribution in [-0.4, -0.2) is 25.0 Å². The van der Waals surface area contributed by atoms with Crippen LogP contribution in [0.25, 0.3) is 0 Å². The molecule has 1 aromatic carbocycles. The molecular formula is C10H13FO3S. The maximum Gasteiger partial charge on any atom is 0.152 e. The molecular weight excluding hydrogens is 219 g/mol. The molecule has 1 rings (SSSR count). The van der Waals surface area contributed by atoms with Crippen molar-refractivity contribution in [1.29, 1.82) is 0 Å². The average Bonchev–Trinajstić information content (AvgIpc) is 2.17. The van der Waals surface area contributed by atoms with E-state index in [0.29, 0.717) is 0 Å². The van der Waals surface area contributed by atoms with Crippen LogP contribution >= 0.6 is 0 Å². The van der Waals surface area contributed by atoms with Crippen LogP contribution in [0.1, 0.15) is 18.6 Å². The summed E-state index contributed by atoms with van der Waals surface area (Å²) in [5.41, 5.74) is 0.0227. The fraction of sp³-hybridized carbons (Fsp3) is 0.400. The molecule has 0 aliphatic carbocycles. The molecule has 0 saturated heterocycles. The zero-order chi connectivity index (χ0) is 11.5.